The summed E-state index contributed by atoms with van der Waals surface area (Å²) in [5, 5.41) is 48.7. The number of carboxylic acids is 2. The Morgan fingerprint density at radius 2 is 0.962 bits per heavy atom. The Labute approximate surface area is 332 Å². The van der Waals surface area contributed by atoms with Crippen LogP contribution in [-0.4, -0.2) is 64.4 Å². The molecule has 0 atom stereocenters. The number of aromatic nitrogens is 4. The first-order chi connectivity index (χ1) is 24.8. The van der Waals surface area contributed by atoms with E-state index in [1.165, 1.54) is 46.1 Å². The molecule has 1 radical (unpaired) electrons. The first kappa shape index (κ1) is 40.6. The van der Waals surface area contributed by atoms with Crippen molar-refractivity contribution < 1.29 is 46.8 Å². The van der Waals surface area contributed by atoms with Crippen LogP contribution in [0.25, 0.3) is 11.4 Å². The van der Waals surface area contributed by atoms with E-state index in [-0.39, 0.29) is 71.1 Å². The van der Waals surface area contributed by atoms with E-state index in [0.29, 0.717) is 33.9 Å². The number of carbonyl (C=O) groups is 2. The zero-order valence-corrected chi connectivity index (χ0v) is 31.4. The van der Waals surface area contributed by atoms with Gasteiger partial charge < -0.3 is 20.4 Å². The van der Waals surface area contributed by atoms with E-state index in [1.807, 2.05) is 36.4 Å². The molecular weight excluding hydrogens is 813 g/mol. The Hall–Kier alpha value is -5.15. The van der Waals surface area contributed by atoms with Crippen LogP contribution in [0.5, 0.6) is 11.8 Å². The van der Waals surface area contributed by atoms with Crippen molar-refractivity contribution in [2.24, 2.45) is 9.98 Å². The molecule has 0 bridgehead atoms. The molecular formula is C36H26Cl4CoN6O6. The third kappa shape index (κ3) is 9.26. The molecule has 0 unspecified atom stereocenters. The number of rotatable bonds is 8. The van der Waals surface area contributed by atoms with Gasteiger partial charge in [-0.1, -0.05) is 82.8 Å². The SMILES string of the molecule is Cc1nn(-c2ccccc2)c(O)c1C=Nc1c(Cl)cc(Cl)cc1C(=O)O.Cc1nn(-c2ccccc2)c(O)c1C=Nc1c(Cl)cc(Cl)cc1C(=O)O.[Co]. The van der Waals surface area contributed by atoms with Crippen LogP contribution in [0.3, 0.4) is 0 Å². The minimum Gasteiger partial charge on any atom is -0.493 e. The van der Waals surface area contributed by atoms with Gasteiger partial charge in [0.1, 0.15) is 0 Å². The van der Waals surface area contributed by atoms with Gasteiger partial charge in [-0.25, -0.2) is 19.0 Å². The molecule has 2 aromatic heterocycles. The van der Waals surface area contributed by atoms with Crippen molar-refractivity contribution in [2.75, 3.05) is 0 Å². The smallest absolute Gasteiger partial charge is 0.338 e. The van der Waals surface area contributed by atoms with Crippen LogP contribution in [0.15, 0.2) is 94.9 Å². The Morgan fingerprint density at radius 3 is 1.28 bits per heavy atom. The van der Waals surface area contributed by atoms with E-state index in [2.05, 4.69) is 20.2 Å². The fraction of sp³-hybridized carbons (Fsp3) is 0.0556. The van der Waals surface area contributed by atoms with Crippen molar-refractivity contribution in [3.63, 3.8) is 0 Å². The molecule has 0 fully saturated rings. The molecule has 0 saturated heterocycles. The van der Waals surface area contributed by atoms with Crippen LogP contribution in [0.2, 0.25) is 20.1 Å². The zero-order valence-electron chi connectivity index (χ0n) is 27.4. The number of aliphatic imine (C=N–C) groups is 2. The van der Waals surface area contributed by atoms with Gasteiger partial charge in [0.2, 0.25) is 11.8 Å². The number of benzene rings is 4. The second kappa shape index (κ2) is 17.6. The minimum atomic E-state index is -1.21. The fourth-order valence-electron chi connectivity index (χ4n) is 4.83. The van der Waals surface area contributed by atoms with Crippen molar-refractivity contribution >= 4 is 82.1 Å². The quantitative estimate of drug-likeness (QED) is 0.110. The summed E-state index contributed by atoms with van der Waals surface area (Å²) in [6.45, 7) is 3.42. The van der Waals surface area contributed by atoms with Crippen molar-refractivity contribution in [3.05, 3.63) is 139 Å². The zero-order chi connectivity index (χ0) is 37.7. The van der Waals surface area contributed by atoms with Gasteiger partial charge in [-0.2, -0.15) is 10.2 Å². The largest absolute Gasteiger partial charge is 0.493 e. The third-order valence-corrected chi connectivity index (χ3v) is 8.34. The summed E-state index contributed by atoms with van der Waals surface area (Å²) in [6, 6.07) is 23.5. The van der Waals surface area contributed by atoms with Crippen LogP contribution >= 0.6 is 46.4 Å². The average Bonchev–Trinajstić information content (AvgIpc) is 3.56. The van der Waals surface area contributed by atoms with E-state index in [1.54, 1.807) is 38.1 Å². The predicted octanol–water partition coefficient (Wildman–Crippen LogP) is 9.28. The first-order valence-electron chi connectivity index (χ1n) is 15.0. The van der Waals surface area contributed by atoms with E-state index < -0.39 is 11.9 Å². The Balaban J connectivity index is 0.000000232. The summed E-state index contributed by atoms with van der Waals surface area (Å²) in [7, 11) is 0. The van der Waals surface area contributed by atoms with E-state index in [0.717, 1.165) is 0 Å². The summed E-state index contributed by atoms with van der Waals surface area (Å²) >= 11 is 23.9. The standard InChI is InChI=1S/2C18H13Cl2N3O3.Co/c2*1-10-14(17(24)23(22-10)12-5-3-2-4-6-12)9-21-16-13(18(25)26)7-11(19)8-15(16)20;/h2*2-9,24H,1H3,(H,25,26);. The maximum absolute atomic E-state index is 11.4. The summed E-state index contributed by atoms with van der Waals surface area (Å²) in [4.78, 5) is 31.1. The fourth-order valence-corrected chi connectivity index (χ4v) is 5.92. The number of aromatic hydroxyl groups is 2. The second-order valence-corrected chi connectivity index (χ2v) is 12.5. The Morgan fingerprint density at radius 1 is 0.623 bits per heavy atom. The third-order valence-electron chi connectivity index (χ3n) is 7.33. The number of hydrogen-bond acceptors (Lipinski definition) is 8. The molecule has 17 heteroatoms. The van der Waals surface area contributed by atoms with Gasteiger partial charge in [-0.3, -0.25) is 9.98 Å². The first-order valence-corrected chi connectivity index (χ1v) is 16.5. The molecule has 53 heavy (non-hydrogen) atoms. The Bertz CT molecular complexity index is 2200. The monoisotopic (exact) mass is 837 g/mol. The molecule has 0 spiro atoms. The number of aromatic carboxylic acids is 2. The maximum Gasteiger partial charge on any atom is 0.338 e. The van der Waals surface area contributed by atoms with Crippen LogP contribution < -0.4 is 0 Å². The van der Waals surface area contributed by atoms with Gasteiger partial charge in [0.25, 0.3) is 0 Å². The van der Waals surface area contributed by atoms with Gasteiger partial charge in [-0.15, -0.1) is 0 Å². The van der Waals surface area contributed by atoms with E-state index in [4.69, 9.17) is 46.4 Å². The molecule has 4 N–H and O–H groups in total. The molecule has 4 aromatic carbocycles. The van der Waals surface area contributed by atoms with Gasteiger partial charge in [0.05, 0.1) is 66.4 Å². The van der Waals surface area contributed by atoms with E-state index >= 15 is 0 Å². The Kier molecular flexibility index (Phi) is 13.5. The van der Waals surface area contributed by atoms with Gasteiger partial charge >= 0.3 is 11.9 Å². The summed E-state index contributed by atoms with van der Waals surface area (Å²) in [6.07, 6.45) is 2.66. The van der Waals surface area contributed by atoms with Crippen LogP contribution in [0, 0.1) is 13.8 Å². The van der Waals surface area contributed by atoms with Gasteiger partial charge in [0, 0.05) is 39.3 Å². The van der Waals surface area contributed by atoms with Crippen LogP contribution in [0.4, 0.5) is 11.4 Å². The van der Waals surface area contributed by atoms with Crippen LogP contribution in [-0.2, 0) is 16.8 Å². The van der Waals surface area contributed by atoms with Gasteiger partial charge in [-0.05, 0) is 62.4 Å². The number of para-hydroxylation sites is 2. The number of carboxylic acid groups (broad SMARTS) is 2. The molecule has 2 heterocycles. The molecule has 0 amide bonds. The summed E-state index contributed by atoms with van der Waals surface area (Å²) in [5.41, 5.74) is 2.97. The average molecular weight is 839 g/mol. The predicted molar refractivity (Wildman–Crippen MR) is 201 cm³/mol. The molecule has 0 aliphatic carbocycles. The van der Waals surface area contributed by atoms with Crippen molar-refractivity contribution in [1.82, 2.24) is 19.6 Å². The maximum atomic E-state index is 11.4. The summed E-state index contributed by atoms with van der Waals surface area (Å²) in [5.74, 6) is -2.64. The second-order valence-electron chi connectivity index (χ2n) is 10.8. The molecule has 0 saturated carbocycles. The number of aryl methyl sites for hydroxylation is 2. The molecule has 12 nitrogen and oxygen atoms in total. The normalized spacial score (nSPS) is 11.0. The summed E-state index contributed by atoms with van der Waals surface area (Å²) < 4.78 is 2.75. The molecule has 6 aromatic rings. The molecule has 273 valence electrons. The van der Waals surface area contributed by atoms with Crippen molar-refractivity contribution in [2.45, 2.75) is 13.8 Å². The molecule has 0 aliphatic heterocycles. The van der Waals surface area contributed by atoms with Gasteiger partial charge in [0.15, 0.2) is 0 Å². The van der Waals surface area contributed by atoms with Crippen molar-refractivity contribution in [1.29, 1.82) is 0 Å². The number of hydrogen-bond donors (Lipinski definition) is 4. The van der Waals surface area contributed by atoms with Crippen LogP contribution in [0.1, 0.15) is 43.2 Å². The van der Waals surface area contributed by atoms with E-state index in [9.17, 15) is 30.0 Å². The van der Waals surface area contributed by atoms with Crippen molar-refractivity contribution in [3.8, 4) is 23.1 Å². The molecule has 6 rings (SSSR count). The number of nitrogens with zero attached hydrogens (tertiary/aromatic N) is 6. The number of halogens is 4. The topological polar surface area (TPSA) is 175 Å². The molecule has 0 aliphatic rings. The minimum absolute atomic E-state index is 0.